The molecule has 0 atom stereocenters. The third kappa shape index (κ3) is 4.54. The van der Waals surface area contributed by atoms with Crippen molar-refractivity contribution in [3.63, 3.8) is 0 Å². The lowest BCUT2D eigenvalue weighted by atomic mass is 10.2. The Morgan fingerprint density at radius 1 is 1.19 bits per heavy atom. The maximum atomic E-state index is 11.7. The molecule has 21 heavy (non-hydrogen) atoms. The molecule has 1 amide bonds. The Morgan fingerprint density at radius 2 is 1.90 bits per heavy atom. The van der Waals surface area contributed by atoms with Crippen LogP contribution in [0, 0.1) is 10.1 Å². The molecule has 0 unspecified atom stereocenters. The molecule has 0 fully saturated rings. The fourth-order valence-corrected chi connectivity index (χ4v) is 1.90. The highest BCUT2D eigenvalue weighted by Crippen LogP contribution is 2.15. The molecule has 0 aliphatic carbocycles. The zero-order valence-corrected chi connectivity index (χ0v) is 12.4. The fourth-order valence-electron chi connectivity index (χ4n) is 1.63. The van der Waals surface area contributed by atoms with Crippen molar-refractivity contribution in [1.82, 2.24) is 0 Å². The summed E-state index contributed by atoms with van der Waals surface area (Å²) in [6, 6.07) is 13.2. The number of carbonyl (C=O) groups excluding carboxylic acids is 1. The molecule has 0 aliphatic rings. The van der Waals surface area contributed by atoms with Gasteiger partial charge in [-0.15, -0.1) is 0 Å². The molecule has 0 radical (unpaired) electrons. The van der Waals surface area contributed by atoms with Crippen molar-refractivity contribution in [2.45, 2.75) is 0 Å². The monoisotopic (exact) mass is 346 g/mol. The molecule has 1 N–H and O–H groups in total. The van der Waals surface area contributed by atoms with Gasteiger partial charge in [-0.3, -0.25) is 14.9 Å². The normalized spacial score (nSPS) is 10.5. The number of nitrogens with one attached hydrogen (secondary N) is 1. The van der Waals surface area contributed by atoms with E-state index in [2.05, 4.69) is 21.2 Å². The third-order valence-electron chi connectivity index (χ3n) is 2.62. The number of benzene rings is 2. The lowest BCUT2D eigenvalue weighted by Gasteiger charge is -2.01. The van der Waals surface area contributed by atoms with E-state index in [4.69, 9.17) is 0 Å². The number of nitro benzene ring substituents is 1. The Balaban J connectivity index is 2.03. The molecular weight excluding hydrogens is 336 g/mol. The molecule has 2 aromatic rings. The quantitative estimate of drug-likeness (QED) is 0.516. The van der Waals surface area contributed by atoms with Crippen LogP contribution in [0.25, 0.3) is 6.08 Å². The second-order valence-corrected chi connectivity index (χ2v) is 5.10. The molecule has 2 aromatic carbocycles. The number of hydrogen-bond donors (Lipinski definition) is 1. The molecule has 106 valence electrons. The number of amides is 1. The van der Waals surface area contributed by atoms with Crippen molar-refractivity contribution in [2.75, 3.05) is 5.32 Å². The standard InChI is InChI=1S/C15H11BrN2O3/c16-12-5-7-13(8-6-12)17-15(19)9-4-11-2-1-3-14(10-11)18(20)21/h1-10H,(H,17,19)/b9-4+. The highest BCUT2D eigenvalue weighted by atomic mass is 79.9. The lowest BCUT2D eigenvalue weighted by Crippen LogP contribution is -2.07. The van der Waals surface area contributed by atoms with Gasteiger partial charge in [-0.05, 0) is 35.9 Å². The average Bonchev–Trinajstić information content (AvgIpc) is 2.48. The largest absolute Gasteiger partial charge is 0.323 e. The van der Waals surface area contributed by atoms with E-state index in [1.54, 1.807) is 24.3 Å². The zero-order valence-electron chi connectivity index (χ0n) is 10.8. The van der Waals surface area contributed by atoms with E-state index in [1.807, 2.05) is 12.1 Å². The van der Waals surface area contributed by atoms with E-state index in [-0.39, 0.29) is 11.6 Å². The zero-order chi connectivity index (χ0) is 15.2. The topological polar surface area (TPSA) is 72.2 Å². The second-order valence-electron chi connectivity index (χ2n) is 4.18. The first-order chi connectivity index (χ1) is 10.0. The summed E-state index contributed by atoms with van der Waals surface area (Å²) in [4.78, 5) is 21.9. The van der Waals surface area contributed by atoms with Crippen LogP contribution in [0.2, 0.25) is 0 Å². The van der Waals surface area contributed by atoms with Crippen molar-refractivity contribution >= 4 is 39.3 Å². The van der Waals surface area contributed by atoms with Crippen LogP contribution in [0.15, 0.2) is 59.1 Å². The van der Waals surface area contributed by atoms with Crippen molar-refractivity contribution in [3.05, 3.63) is 74.8 Å². The van der Waals surface area contributed by atoms with Crippen LogP contribution >= 0.6 is 15.9 Å². The van der Waals surface area contributed by atoms with Crippen molar-refractivity contribution in [2.24, 2.45) is 0 Å². The molecule has 5 nitrogen and oxygen atoms in total. The van der Waals surface area contributed by atoms with Gasteiger partial charge >= 0.3 is 0 Å². The first kappa shape index (κ1) is 14.9. The molecule has 6 heteroatoms. The van der Waals surface area contributed by atoms with Gasteiger partial charge in [0, 0.05) is 28.4 Å². The summed E-state index contributed by atoms with van der Waals surface area (Å²) in [6.07, 6.45) is 2.86. The predicted octanol–water partition coefficient (Wildman–Crippen LogP) is 4.01. The number of halogens is 1. The van der Waals surface area contributed by atoms with E-state index in [1.165, 1.54) is 24.3 Å². The summed E-state index contributed by atoms with van der Waals surface area (Å²) >= 11 is 3.31. The molecule has 2 rings (SSSR count). The van der Waals surface area contributed by atoms with Crippen LogP contribution in [0.4, 0.5) is 11.4 Å². The van der Waals surface area contributed by atoms with E-state index in [0.717, 1.165) is 4.47 Å². The van der Waals surface area contributed by atoms with E-state index in [0.29, 0.717) is 11.3 Å². The minimum Gasteiger partial charge on any atom is -0.323 e. The highest BCUT2D eigenvalue weighted by Gasteiger charge is 2.04. The number of anilines is 1. The summed E-state index contributed by atoms with van der Waals surface area (Å²) < 4.78 is 0.924. The van der Waals surface area contributed by atoms with E-state index < -0.39 is 4.92 Å². The van der Waals surface area contributed by atoms with Gasteiger partial charge in [-0.1, -0.05) is 28.1 Å². The van der Waals surface area contributed by atoms with Crippen LogP contribution in [0.5, 0.6) is 0 Å². The van der Waals surface area contributed by atoms with Gasteiger partial charge in [0.2, 0.25) is 5.91 Å². The Bertz CT molecular complexity index is 696. The molecule has 0 spiro atoms. The maximum Gasteiger partial charge on any atom is 0.270 e. The van der Waals surface area contributed by atoms with Crippen LogP contribution in [0.1, 0.15) is 5.56 Å². The maximum absolute atomic E-state index is 11.7. The van der Waals surface area contributed by atoms with Crippen molar-refractivity contribution in [3.8, 4) is 0 Å². The molecular formula is C15H11BrN2O3. The van der Waals surface area contributed by atoms with Gasteiger partial charge < -0.3 is 5.32 Å². The average molecular weight is 347 g/mol. The first-order valence-corrected chi connectivity index (χ1v) is 6.83. The number of non-ortho nitro benzene ring substituents is 1. The van der Waals surface area contributed by atoms with Gasteiger partial charge in [0.05, 0.1) is 4.92 Å². The molecule has 0 heterocycles. The number of nitrogens with zero attached hydrogens (tertiary/aromatic N) is 1. The molecule has 0 aromatic heterocycles. The van der Waals surface area contributed by atoms with Gasteiger partial charge in [-0.25, -0.2) is 0 Å². The molecule has 0 bridgehead atoms. The summed E-state index contributed by atoms with van der Waals surface area (Å²) in [5, 5.41) is 13.4. The second kappa shape index (κ2) is 6.81. The predicted molar refractivity (Wildman–Crippen MR) is 84.9 cm³/mol. The Labute approximate surface area is 129 Å². The smallest absolute Gasteiger partial charge is 0.270 e. The Kier molecular flexibility index (Phi) is 4.84. The first-order valence-electron chi connectivity index (χ1n) is 6.04. The lowest BCUT2D eigenvalue weighted by molar-refractivity contribution is -0.384. The summed E-state index contributed by atoms with van der Waals surface area (Å²) in [7, 11) is 0. The number of rotatable bonds is 4. The van der Waals surface area contributed by atoms with Crippen molar-refractivity contribution < 1.29 is 9.72 Å². The number of hydrogen-bond acceptors (Lipinski definition) is 3. The minimum atomic E-state index is -0.473. The SMILES string of the molecule is O=C(/C=C/c1cccc([N+](=O)[O-])c1)Nc1ccc(Br)cc1. The Morgan fingerprint density at radius 3 is 2.57 bits per heavy atom. The third-order valence-corrected chi connectivity index (χ3v) is 3.15. The van der Waals surface area contributed by atoms with Crippen molar-refractivity contribution in [1.29, 1.82) is 0 Å². The minimum absolute atomic E-state index is 0.00883. The van der Waals surface area contributed by atoms with E-state index in [9.17, 15) is 14.9 Å². The van der Waals surface area contributed by atoms with Gasteiger partial charge in [0.1, 0.15) is 0 Å². The Hall–Kier alpha value is -2.47. The van der Waals surface area contributed by atoms with E-state index >= 15 is 0 Å². The van der Waals surface area contributed by atoms with Crippen LogP contribution in [0.3, 0.4) is 0 Å². The molecule has 0 saturated heterocycles. The van der Waals surface area contributed by atoms with Crippen LogP contribution < -0.4 is 5.32 Å². The summed E-state index contributed by atoms with van der Waals surface area (Å²) in [5.41, 5.74) is 1.26. The summed E-state index contributed by atoms with van der Waals surface area (Å²) in [6.45, 7) is 0. The van der Waals surface area contributed by atoms with Gasteiger partial charge in [-0.2, -0.15) is 0 Å². The molecule has 0 aliphatic heterocycles. The van der Waals surface area contributed by atoms with Gasteiger partial charge in [0.25, 0.3) is 5.69 Å². The summed E-state index contributed by atoms with van der Waals surface area (Å²) in [5.74, 6) is -0.302. The van der Waals surface area contributed by atoms with Gasteiger partial charge in [0.15, 0.2) is 0 Å². The number of carbonyl (C=O) groups is 1. The fraction of sp³-hybridized carbons (Fsp3) is 0. The van der Waals surface area contributed by atoms with Crippen LogP contribution in [-0.4, -0.2) is 10.8 Å². The number of nitro groups is 1. The highest BCUT2D eigenvalue weighted by molar-refractivity contribution is 9.10. The molecule has 0 saturated carbocycles. The van der Waals surface area contributed by atoms with Crippen LogP contribution in [-0.2, 0) is 4.79 Å².